The zero-order chi connectivity index (χ0) is 36.1. The second-order valence-electron chi connectivity index (χ2n) is 12.0. The molecule has 1 aliphatic rings. The van der Waals surface area contributed by atoms with Crippen LogP contribution in [0.5, 0.6) is 17.2 Å². The number of fused-ring (bicyclic) bond motifs is 1. The summed E-state index contributed by atoms with van der Waals surface area (Å²) in [6.45, 7) is 1.58. The molecule has 0 saturated carbocycles. The van der Waals surface area contributed by atoms with E-state index in [4.69, 9.17) is 18.9 Å². The summed E-state index contributed by atoms with van der Waals surface area (Å²) in [5.74, 6) is 0.780. The Bertz CT molecular complexity index is 1780. The lowest BCUT2D eigenvalue weighted by Gasteiger charge is -2.38. The number of nitro groups is 1. The number of halogens is 3. The highest BCUT2D eigenvalue weighted by atomic mass is 19.4. The van der Waals surface area contributed by atoms with Crippen LogP contribution in [0.25, 0.3) is 10.9 Å². The average molecular weight is 701 g/mol. The number of rotatable bonds is 14. The predicted octanol–water partition coefficient (Wildman–Crippen LogP) is 5.80. The number of esters is 1. The van der Waals surface area contributed by atoms with Crippen LogP contribution in [0.2, 0.25) is 0 Å². The van der Waals surface area contributed by atoms with Gasteiger partial charge in [-0.15, -0.1) is 0 Å². The first kappa shape index (κ1) is 36.4. The standard InChI is InChI=1S/C35H39F3N4O8/c1-4-49-31(43)13-10-24-18-29(47-2)32(30(19-24)48-3)50-26-14-16-40(17-15-26)22-34(44,35(36,37)38)33-27-12-11-25(42(45)46)20-28(27)41(39-33)21-23-8-6-5-7-9-23/h5-9,11-12,18-20,26,44H,4,10,13-17,21-22H2,1-3H3. The molecule has 1 fully saturated rings. The van der Waals surface area contributed by atoms with E-state index >= 15 is 0 Å². The highest BCUT2D eigenvalue weighted by Crippen LogP contribution is 2.44. The minimum Gasteiger partial charge on any atom is -0.493 e. The third-order valence-corrected chi connectivity index (χ3v) is 8.70. The van der Waals surface area contributed by atoms with Gasteiger partial charge in [-0.1, -0.05) is 30.3 Å². The zero-order valence-corrected chi connectivity index (χ0v) is 27.9. The lowest BCUT2D eigenvalue weighted by Crippen LogP contribution is -2.53. The first-order valence-electron chi connectivity index (χ1n) is 16.1. The lowest BCUT2D eigenvalue weighted by atomic mass is 9.93. The third kappa shape index (κ3) is 7.94. The van der Waals surface area contributed by atoms with E-state index in [0.717, 1.165) is 11.6 Å². The number of alkyl halides is 3. The Morgan fingerprint density at radius 2 is 1.68 bits per heavy atom. The van der Waals surface area contributed by atoms with Crippen LogP contribution in [0.3, 0.4) is 0 Å². The number of aliphatic hydroxyl groups is 1. The molecule has 0 spiro atoms. The number of benzene rings is 3. The fourth-order valence-corrected chi connectivity index (χ4v) is 6.11. The summed E-state index contributed by atoms with van der Waals surface area (Å²) >= 11 is 0. The Balaban J connectivity index is 1.35. The van der Waals surface area contributed by atoms with Gasteiger partial charge in [0, 0.05) is 43.6 Å². The molecule has 0 amide bonds. The molecule has 0 radical (unpaired) electrons. The number of non-ortho nitro benzene ring substituents is 1. The van der Waals surface area contributed by atoms with E-state index in [1.807, 2.05) is 0 Å². The number of hydrogen-bond donors (Lipinski definition) is 1. The van der Waals surface area contributed by atoms with E-state index in [1.165, 1.54) is 35.9 Å². The molecule has 0 bridgehead atoms. The molecule has 1 atom stereocenters. The number of carbonyl (C=O) groups excluding carboxylic acids is 1. The van der Waals surface area contributed by atoms with Gasteiger partial charge in [0.05, 0.1) is 37.8 Å². The van der Waals surface area contributed by atoms with Crippen molar-refractivity contribution >= 4 is 22.6 Å². The fraction of sp³-hybridized carbons (Fsp3) is 0.429. The summed E-state index contributed by atoms with van der Waals surface area (Å²) in [7, 11) is 2.95. The van der Waals surface area contributed by atoms with Gasteiger partial charge in [0.1, 0.15) is 11.8 Å². The molecule has 5 rings (SSSR count). The number of carbonyl (C=O) groups is 1. The number of aryl methyl sites for hydroxylation is 1. The van der Waals surface area contributed by atoms with Crippen molar-refractivity contribution in [3.8, 4) is 17.2 Å². The van der Waals surface area contributed by atoms with Crippen LogP contribution in [0.1, 0.15) is 43.0 Å². The van der Waals surface area contributed by atoms with Gasteiger partial charge in [-0.05, 0) is 55.5 Å². The molecule has 3 aromatic carbocycles. The van der Waals surface area contributed by atoms with E-state index < -0.39 is 35.0 Å². The second-order valence-corrected chi connectivity index (χ2v) is 12.0. The molecule has 1 N–H and O–H groups in total. The molecule has 0 aliphatic carbocycles. The molecule has 12 nitrogen and oxygen atoms in total. The van der Waals surface area contributed by atoms with Crippen molar-refractivity contribution in [2.24, 2.45) is 0 Å². The van der Waals surface area contributed by atoms with Gasteiger partial charge in [-0.2, -0.15) is 18.3 Å². The first-order chi connectivity index (χ1) is 23.9. The second kappa shape index (κ2) is 15.3. The van der Waals surface area contributed by atoms with E-state index in [1.54, 1.807) is 49.4 Å². The number of nitro benzene ring substituents is 1. The van der Waals surface area contributed by atoms with Crippen molar-refractivity contribution < 1.29 is 46.9 Å². The Kier molecular flexibility index (Phi) is 11.2. The summed E-state index contributed by atoms with van der Waals surface area (Å²) in [4.78, 5) is 24.3. The maximum absolute atomic E-state index is 14.9. The molecule has 15 heteroatoms. The van der Waals surface area contributed by atoms with Crippen molar-refractivity contribution in [3.63, 3.8) is 0 Å². The van der Waals surface area contributed by atoms with Gasteiger partial charge in [-0.3, -0.25) is 24.5 Å². The molecule has 1 unspecified atom stereocenters. The quantitative estimate of drug-likeness (QED) is 0.0976. The zero-order valence-electron chi connectivity index (χ0n) is 27.9. The topological polar surface area (TPSA) is 138 Å². The number of nitrogens with zero attached hydrogens (tertiary/aromatic N) is 4. The maximum atomic E-state index is 14.9. The van der Waals surface area contributed by atoms with Gasteiger partial charge < -0.3 is 24.1 Å². The summed E-state index contributed by atoms with van der Waals surface area (Å²) in [5, 5.41) is 27.3. The van der Waals surface area contributed by atoms with Crippen molar-refractivity contribution in [2.75, 3.05) is 40.5 Å². The maximum Gasteiger partial charge on any atom is 0.424 e. The van der Waals surface area contributed by atoms with E-state index in [0.29, 0.717) is 42.1 Å². The number of methoxy groups -OCH3 is 2. The van der Waals surface area contributed by atoms with Crippen molar-refractivity contribution in [1.82, 2.24) is 14.7 Å². The Hall–Kier alpha value is -4.89. The van der Waals surface area contributed by atoms with E-state index in [2.05, 4.69) is 5.10 Å². The van der Waals surface area contributed by atoms with Crippen LogP contribution in [-0.4, -0.2) is 83.4 Å². The minimum atomic E-state index is -5.13. The number of piperidine rings is 1. The van der Waals surface area contributed by atoms with Gasteiger partial charge in [-0.25, -0.2) is 0 Å². The summed E-state index contributed by atoms with van der Waals surface area (Å²) in [5.41, 5.74) is -2.73. The minimum absolute atomic E-state index is 0.0329. The number of likely N-dealkylation sites (tertiary alicyclic amines) is 1. The highest BCUT2D eigenvalue weighted by Gasteiger charge is 2.58. The van der Waals surface area contributed by atoms with Crippen molar-refractivity contribution in [1.29, 1.82) is 0 Å². The fourth-order valence-electron chi connectivity index (χ4n) is 6.11. The summed E-state index contributed by atoms with van der Waals surface area (Å²) in [6.07, 6.45) is -4.29. The van der Waals surface area contributed by atoms with Crippen molar-refractivity contribution in [2.45, 2.75) is 57.0 Å². The van der Waals surface area contributed by atoms with E-state index in [-0.39, 0.29) is 55.2 Å². The molecule has 1 saturated heterocycles. The molecule has 268 valence electrons. The Labute approximate surface area is 286 Å². The van der Waals surface area contributed by atoms with Crippen LogP contribution in [-0.2, 0) is 28.1 Å². The van der Waals surface area contributed by atoms with Gasteiger partial charge in [0.25, 0.3) is 5.69 Å². The molecule has 1 aromatic heterocycles. The average Bonchev–Trinajstić information content (AvgIpc) is 3.46. The Morgan fingerprint density at radius 3 is 2.26 bits per heavy atom. The van der Waals surface area contributed by atoms with Crippen LogP contribution >= 0.6 is 0 Å². The summed E-state index contributed by atoms with van der Waals surface area (Å²) < 4.78 is 68.4. The van der Waals surface area contributed by atoms with Crippen LogP contribution < -0.4 is 14.2 Å². The lowest BCUT2D eigenvalue weighted by molar-refractivity contribution is -0.384. The number of aromatic nitrogens is 2. The molecular weight excluding hydrogens is 661 g/mol. The molecule has 4 aromatic rings. The van der Waals surface area contributed by atoms with Crippen LogP contribution in [0, 0.1) is 10.1 Å². The van der Waals surface area contributed by atoms with Crippen LogP contribution in [0.15, 0.2) is 60.7 Å². The van der Waals surface area contributed by atoms with E-state index in [9.17, 15) is 33.2 Å². The summed E-state index contributed by atoms with van der Waals surface area (Å²) in [6, 6.07) is 15.8. The normalized spacial score (nSPS) is 15.4. The van der Waals surface area contributed by atoms with Crippen LogP contribution in [0.4, 0.5) is 18.9 Å². The van der Waals surface area contributed by atoms with Crippen molar-refractivity contribution in [3.05, 3.63) is 87.6 Å². The monoisotopic (exact) mass is 700 g/mol. The van der Waals surface area contributed by atoms with Gasteiger partial charge >= 0.3 is 12.1 Å². The molecular formula is C35H39F3N4O8. The van der Waals surface area contributed by atoms with Gasteiger partial charge in [0.2, 0.25) is 11.4 Å². The number of ether oxygens (including phenoxy) is 4. The highest BCUT2D eigenvalue weighted by molar-refractivity contribution is 5.85. The number of β-amino-alcohol motifs (C(OH)–C–C–N with tert-alkyl or cyclic N) is 1. The smallest absolute Gasteiger partial charge is 0.424 e. The largest absolute Gasteiger partial charge is 0.493 e. The SMILES string of the molecule is CCOC(=O)CCc1cc(OC)c(OC2CCN(CC(O)(c3nn(Cc4ccccc4)c4cc([N+](=O)[O-])ccc34)C(F)(F)F)CC2)c(OC)c1. The third-order valence-electron chi connectivity index (χ3n) is 8.70. The molecule has 2 heterocycles. The molecule has 50 heavy (non-hydrogen) atoms. The van der Waals surface area contributed by atoms with Gasteiger partial charge in [0.15, 0.2) is 11.5 Å². The number of hydrogen-bond acceptors (Lipinski definition) is 10. The first-order valence-corrected chi connectivity index (χ1v) is 16.1. The molecule has 1 aliphatic heterocycles. The Morgan fingerprint density at radius 1 is 1.02 bits per heavy atom. The predicted molar refractivity (Wildman–Crippen MR) is 176 cm³/mol.